The van der Waals surface area contributed by atoms with Crippen LogP contribution in [0.2, 0.25) is 0 Å². The van der Waals surface area contributed by atoms with Crippen molar-refractivity contribution in [3.8, 4) is 0 Å². The number of halogens is 2. The molecule has 0 saturated carbocycles. The van der Waals surface area contributed by atoms with Gasteiger partial charge in [-0.2, -0.15) is 0 Å². The van der Waals surface area contributed by atoms with Crippen molar-refractivity contribution in [2.75, 3.05) is 5.32 Å². The fraction of sp³-hybridized carbons (Fsp3) is 0.0667. The molecule has 0 bridgehead atoms. The molecule has 0 aliphatic heterocycles. The van der Waals surface area contributed by atoms with Crippen molar-refractivity contribution < 1.29 is 8.78 Å². The first-order valence-corrected chi connectivity index (χ1v) is 5.98. The second-order valence-corrected chi connectivity index (χ2v) is 4.31. The van der Waals surface area contributed by atoms with Gasteiger partial charge in [0, 0.05) is 23.6 Å². The van der Waals surface area contributed by atoms with E-state index in [0.717, 1.165) is 22.5 Å². The van der Waals surface area contributed by atoms with Gasteiger partial charge >= 0.3 is 0 Å². The van der Waals surface area contributed by atoms with E-state index < -0.39 is 11.6 Å². The summed E-state index contributed by atoms with van der Waals surface area (Å²) in [7, 11) is 0. The number of fused-ring (bicyclic) bond motifs is 1. The number of hydrogen-bond donors (Lipinski definition) is 2. The number of H-pyrrole nitrogens is 1. The van der Waals surface area contributed by atoms with Crippen molar-refractivity contribution in [1.29, 1.82) is 0 Å². The van der Waals surface area contributed by atoms with Gasteiger partial charge in [0.25, 0.3) is 0 Å². The van der Waals surface area contributed by atoms with Crippen molar-refractivity contribution in [2.24, 2.45) is 0 Å². The highest BCUT2D eigenvalue weighted by Gasteiger charge is 2.08. The standard InChI is InChI=1S/C15H12F2N2/c16-12-5-3-7-14(15(12)17)19-9-10-8-18-13-6-2-1-4-11(10)13/h1-8,18-19H,9H2. The summed E-state index contributed by atoms with van der Waals surface area (Å²) in [5.41, 5.74) is 2.21. The fourth-order valence-electron chi connectivity index (χ4n) is 2.11. The van der Waals surface area contributed by atoms with Crippen LogP contribution in [0.4, 0.5) is 14.5 Å². The summed E-state index contributed by atoms with van der Waals surface area (Å²) < 4.78 is 26.6. The summed E-state index contributed by atoms with van der Waals surface area (Å²) in [6.07, 6.45) is 1.87. The van der Waals surface area contributed by atoms with Crippen LogP contribution in [0.3, 0.4) is 0 Å². The van der Waals surface area contributed by atoms with Crippen molar-refractivity contribution in [1.82, 2.24) is 4.98 Å². The van der Waals surface area contributed by atoms with E-state index in [1.165, 1.54) is 12.1 Å². The van der Waals surface area contributed by atoms with Crippen LogP contribution >= 0.6 is 0 Å². The summed E-state index contributed by atoms with van der Waals surface area (Å²) in [4.78, 5) is 3.14. The third-order valence-electron chi connectivity index (χ3n) is 3.10. The molecule has 2 N–H and O–H groups in total. The lowest BCUT2D eigenvalue weighted by atomic mass is 10.1. The number of hydrogen-bond acceptors (Lipinski definition) is 1. The summed E-state index contributed by atoms with van der Waals surface area (Å²) in [6, 6.07) is 12.0. The molecule has 0 aliphatic rings. The smallest absolute Gasteiger partial charge is 0.181 e. The van der Waals surface area contributed by atoms with Crippen LogP contribution in [-0.2, 0) is 6.54 Å². The molecular weight excluding hydrogens is 246 g/mol. The summed E-state index contributed by atoms with van der Waals surface area (Å²) in [5, 5.41) is 3.99. The Morgan fingerprint density at radius 3 is 2.74 bits per heavy atom. The molecule has 4 heteroatoms. The minimum absolute atomic E-state index is 0.172. The molecule has 3 aromatic rings. The monoisotopic (exact) mass is 258 g/mol. The molecule has 3 rings (SSSR count). The Hall–Kier alpha value is -2.36. The van der Waals surface area contributed by atoms with Gasteiger partial charge in [0.2, 0.25) is 0 Å². The number of aromatic nitrogens is 1. The van der Waals surface area contributed by atoms with Crippen LogP contribution in [0.5, 0.6) is 0 Å². The Balaban J connectivity index is 1.84. The Bertz CT molecular complexity index is 719. The van der Waals surface area contributed by atoms with E-state index in [1.807, 2.05) is 30.5 Å². The average molecular weight is 258 g/mol. The molecule has 0 aliphatic carbocycles. The molecule has 0 saturated heterocycles. The summed E-state index contributed by atoms with van der Waals surface area (Å²) in [5.74, 6) is -1.69. The van der Waals surface area contributed by atoms with E-state index >= 15 is 0 Å². The normalized spacial score (nSPS) is 10.8. The van der Waals surface area contributed by atoms with Crippen molar-refractivity contribution in [3.05, 3.63) is 65.9 Å². The maximum Gasteiger partial charge on any atom is 0.181 e. The molecule has 2 aromatic carbocycles. The number of aromatic amines is 1. The molecule has 19 heavy (non-hydrogen) atoms. The first-order chi connectivity index (χ1) is 9.25. The number of rotatable bonds is 3. The SMILES string of the molecule is Fc1cccc(NCc2c[nH]c3ccccc23)c1F. The van der Waals surface area contributed by atoms with Gasteiger partial charge in [-0.25, -0.2) is 8.78 Å². The first-order valence-electron chi connectivity index (χ1n) is 5.98. The van der Waals surface area contributed by atoms with Gasteiger partial charge < -0.3 is 10.3 Å². The molecule has 1 aromatic heterocycles. The molecule has 0 amide bonds. The fourth-order valence-corrected chi connectivity index (χ4v) is 2.11. The minimum atomic E-state index is -0.845. The van der Waals surface area contributed by atoms with Crippen LogP contribution in [0.15, 0.2) is 48.7 Å². The summed E-state index contributed by atoms with van der Waals surface area (Å²) in [6.45, 7) is 0.435. The zero-order valence-electron chi connectivity index (χ0n) is 10.1. The van der Waals surface area contributed by atoms with E-state index in [2.05, 4.69) is 10.3 Å². The zero-order valence-corrected chi connectivity index (χ0v) is 10.1. The third-order valence-corrected chi connectivity index (χ3v) is 3.10. The number of anilines is 1. The van der Waals surface area contributed by atoms with Gasteiger partial charge in [0.05, 0.1) is 5.69 Å². The van der Waals surface area contributed by atoms with E-state index in [9.17, 15) is 8.78 Å². The topological polar surface area (TPSA) is 27.8 Å². The van der Waals surface area contributed by atoms with E-state index in [1.54, 1.807) is 0 Å². The maximum absolute atomic E-state index is 13.5. The molecule has 0 spiro atoms. The van der Waals surface area contributed by atoms with Crippen LogP contribution < -0.4 is 5.32 Å². The van der Waals surface area contributed by atoms with Crippen molar-refractivity contribution in [2.45, 2.75) is 6.54 Å². The minimum Gasteiger partial charge on any atom is -0.378 e. The van der Waals surface area contributed by atoms with Crippen LogP contribution in [0.25, 0.3) is 10.9 Å². The van der Waals surface area contributed by atoms with E-state index in [4.69, 9.17) is 0 Å². The lowest BCUT2D eigenvalue weighted by Crippen LogP contribution is -2.02. The lowest BCUT2D eigenvalue weighted by Gasteiger charge is -2.07. The number of nitrogens with one attached hydrogen (secondary N) is 2. The Labute approximate surface area is 109 Å². The Morgan fingerprint density at radius 2 is 1.84 bits per heavy atom. The van der Waals surface area contributed by atoms with Gasteiger partial charge in [-0.15, -0.1) is 0 Å². The van der Waals surface area contributed by atoms with Crippen LogP contribution in [0.1, 0.15) is 5.56 Å². The average Bonchev–Trinajstić information content (AvgIpc) is 2.84. The highest BCUT2D eigenvalue weighted by atomic mass is 19.2. The van der Waals surface area contributed by atoms with Crippen LogP contribution in [0, 0.1) is 11.6 Å². The second-order valence-electron chi connectivity index (χ2n) is 4.31. The molecule has 0 unspecified atom stereocenters. The van der Waals surface area contributed by atoms with Gasteiger partial charge in [0.1, 0.15) is 0 Å². The molecule has 0 atom stereocenters. The largest absolute Gasteiger partial charge is 0.378 e. The van der Waals surface area contributed by atoms with Gasteiger partial charge in [-0.05, 0) is 23.8 Å². The second kappa shape index (κ2) is 4.72. The molecule has 0 radical (unpaired) electrons. The molecule has 0 fully saturated rings. The maximum atomic E-state index is 13.5. The van der Waals surface area contributed by atoms with Gasteiger partial charge in [0.15, 0.2) is 11.6 Å². The lowest BCUT2D eigenvalue weighted by molar-refractivity contribution is 0.511. The molecular formula is C15H12F2N2. The molecule has 1 heterocycles. The summed E-state index contributed by atoms with van der Waals surface area (Å²) >= 11 is 0. The number of para-hydroxylation sites is 1. The first kappa shape index (κ1) is 11.7. The third kappa shape index (κ3) is 2.17. The quantitative estimate of drug-likeness (QED) is 0.728. The Kier molecular flexibility index (Phi) is 2.91. The zero-order chi connectivity index (χ0) is 13.2. The number of benzene rings is 2. The van der Waals surface area contributed by atoms with Gasteiger partial charge in [-0.1, -0.05) is 24.3 Å². The highest BCUT2D eigenvalue weighted by molar-refractivity contribution is 5.83. The van der Waals surface area contributed by atoms with Gasteiger partial charge in [-0.3, -0.25) is 0 Å². The van der Waals surface area contributed by atoms with Crippen molar-refractivity contribution >= 4 is 16.6 Å². The van der Waals surface area contributed by atoms with Crippen LogP contribution in [-0.4, -0.2) is 4.98 Å². The van der Waals surface area contributed by atoms with Crippen molar-refractivity contribution in [3.63, 3.8) is 0 Å². The molecule has 2 nitrogen and oxygen atoms in total. The highest BCUT2D eigenvalue weighted by Crippen LogP contribution is 2.21. The predicted octanol–water partition coefficient (Wildman–Crippen LogP) is 4.06. The predicted molar refractivity (Wildman–Crippen MR) is 72.0 cm³/mol. The molecule has 96 valence electrons. The van der Waals surface area contributed by atoms with E-state index in [-0.39, 0.29) is 5.69 Å². The van der Waals surface area contributed by atoms with E-state index in [0.29, 0.717) is 6.54 Å². The Morgan fingerprint density at radius 1 is 1.00 bits per heavy atom.